The van der Waals surface area contributed by atoms with Crippen LogP contribution in [-0.2, 0) is 9.53 Å². The van der Waals surface area contributed by atoms with Crippen molar-refractivity contribution in [3.05, 3.63) is 24.3 Å². The average Bonchev–Trinajstić information content (AvgIpc) is 3.11. The van der Waals surface area contributed by atoms with Gasteiger partial charge in [0.1, 0.15) is 0 Å². The van der Waals surface area contributed by atoms with E-state index in [1.54, 1.807) is 0 Å². The van der Waals surface area contributed by atoms with Crippen LogP contribution in [0.1, 0.15) is 25.7 Å². The van der Waals surface area contributed by atoms with E-state index < -0.39 is 0 Å². The molecule has 1 aromatic rings. The minimum absolute atomic E-state index is 0.144. The zero-order valence-electron chi connectivity index (χ0n) is 14.0. The Morgan fingerprint density at radius 1 is 1.22 bits per heavy atom. The Morgan fingerprint density at radius 3 is 2.65 bits per heavy atom. The Hall–Kier alpha value is -1.75. The third-order valence-electron chi connectivity index (χ3n) is 4.86. The average molecular weight is 317 g/mol. The van der Waals surface area contributed by atoms with Gasteiger partial charge >= 0.3 is 5.97 Å². The molecule has 1 aromatic carbocycles. The summed E-state index contributed by atoms with van der Waals surface area (Å²) in [6.45, 7) is 4.65. The quantitative estimate of drug-likeness (QED) is 0.845. The smallest absolute Gasteiger partial charge is 0.319 e. The molecule has 0 unspecified atom stereocenters. The number of carbonyl (C=O) groups excluding carboxylic acids is 1. The fraction of sp³-hybridized carbons (Fsp3) is 0.611. The molecule has 5 nitrogen and oxygen atoms in total. The Bertz CT molecular complexity index is 521. The van der Waals surface area contributed by atoms with Gasteiger partial charge in [0, 0.05) is 43.6 Å². The molecule has 2 fully saturated rings. The standard InChI is InChI=1S/C18H27N3O2/c1-23-18(22)14-20-11-7-15(8-12-20)19-16-5-4-6-17(13-16)21-9-2-3-10-21/h4-6,13,15,19H,2-3,7-12,14H2,1H3. The summed E-state index contributed by atoms with van der Waals surface area (Å²) in [6, 6.07) is 9.25. The van der Waals surface area contributed by atoms with Crippen LogP contribution >= 0.6 is 0 Å². The number of piperidine rings is 1. The second kappa shape index (κ2) is 7.68. The first-order valence-corrected chi connectivity index (χ1v) is 8.65. The molecule has 2 aliphatic rings. The minimum Gasteiger partial charge on any atom is -0.468 e. The molecule has 0 amide bonds. The fourth-order valence-electron chi connectivity index (χ4n) is 3.49. The molecule has 3 rings (SSSR count). The summed E-state index contributed by atoms with van der Waals surface area (Å²) in [5.74, 6) is -0.144. The van der Waals surface area contributed by atoms with E-state index in [4.69, 9.17) is 4.74 Å². The number of nitrogens with one attached hydrogen (secondary N) is 1. The number of benzene rings is 1. The molecule has 0 radical (unpaired) electrons. The molecule has 2 aliphatic heterocycles. The highest BCUT2D eigenvalue weighted by Crippen LogP contribution is 2.25. The third kappa shape index (κ3) is 4.38. The molecule has 0 aliphatic carbocycles. The van der Waals surface area contributed by atoms with Crippen molar-refractivity contribution in [3.63, 3.8) is 0 Å². The molecule has 2 heterocycles. The summed E-state index contributed by atoms with van der Waals surface area (Å²) >= 11 is 0. The highest BCUT2D eigenvalue weighted by atomic mass is 16.5. The number of esters is 1. The van der Waals surface area contributed by atoms with Crippen molar-refractivity contribution < 1.29 is 9.53 Å². The number of nitrogens with zero attached hydrogens (tertiary/aromatic N) is 2. The lowest BCUT2D eigenvalue weighted by molar-refractivity contribution is -0.142. The monoisotopic (exact) mass is 317 g/mol. The van der Waals surface area contributed by atoms with Crippen LogP contribution in [0.25, 0.3) is 0 Å². The van der Waals surface area contributed by atoms with E-state index in [0.717, 1.165) is 25.9 Å². The van der Waals surface area contributed by atoms with Gasteiger partial charge in [0.05, 0.1) is 13.7 Å². The summed E-state index contributed by atoms with van der Waals surface area (Å²) < 4.78 is 4.74. The first-order chi connectivity index (χ1) is 11.2. The van der Waals surface area contributed by atoms with E-state index in [0.29, 0.717) is 12.6 Å². The Labute approximate surface area is 138 Å². The number of rotatable bonds is 5. The SMILES string of the molecule is COC(=O)CN1CCC(Nc2cccc(N3CCCC3)c2)CC1. The van der Waals surface area contributed by atoms with Crippen molar-refractivity contribution >= 4 is 17.3 Å². The van der Waals surface area contributed by atoms with Gasteiger partial charge in [0.15, 0.2) is 0 Å². The van der Waals surface area contributed by atoms with Crippen molar-refractivity contribution in [2.45, 2.75) is 31.7 Å². The zero-order chi connectivity index (χ0) is 16.1. The lowest BCUT2D eigenvalue weighted by Gasteiger charge is -2.32. The number of anilines is 2. The number of ether oxygens (including phenoxy) is 1. The molecular weight excluding hydrogens is 290 g/mol. The van der Waals surface area contributed by atoms with Gasteiger partial charge < -0.3 is 15.0 Å². The topological polar surface area (TPSA) is 44.8 Å². The van der Waals surface area contributed by atoms with E-state index in [-0.39, 0.29) is 5.97 Å². The predicted octanol–water partition coefficient (Wildman–Crippen LogP) is 2.34. The molecule has 0 bridgehead atoms. The van der Waals surface area contributed by atoms with Gasteiger partial charge in [0.25, 0.3) is 0 Å². The van der Waals surface area contributed by atoms with Gasteiger partial charge in [-0.25, -0.2) is 0 Å². The molecular formula is C18H27N3O2. The Kier molecular flexibility index (Phi) is 5.39. The number of carbonyl (C=O) groups is 1. The van der Waals surface area contributed by atoms with Crippen LogP contribution in [0.15, 0.2) is 24.3 Å². The summed E-state index contributed by atoms with van der Waals surface area (Å²) in [5.41, 5.74) is 2.54. The van der Waals surface area contributed by atoms with Gasteiger partial charge in [0.2, 0.25) is 0 Å². The van der Waals surface area contributed by atoms with Crippen molar-refractivity contribution in [3.8, 4) is 0 Å². The molecule has 126 valence electrons. The first kappa shape index (κ1) is 16.1. The van der Waals surface area contributed by atoms with E-state index in [1.807, 2.05) is 0 Å². The summed E-state index contributed by atoms with van der Waals surface area (Å²) in [6.07, 6.45) is 4.72. The molecule has 23 heavy (non-hydrogen) atoms. The lowest BCUT2D eigenvalue weighted by Crippen LogP contribution is -2.41. The van der Waals surface area contributed by atoms with Crippen LogP contribution in [0.2, 0.25) is 0 Å². The maximum absolute atomic E-state index is 11.3. The van der Waals surface area contributed by atoms with Crippen LogP contribution in [0.3, 0.4) is 0 Å². The van der Waals surface area contributed by atoms with Crippen LogP contribution in [0.4, 0.5) is 11.4 Å². The van der Waals surface area contributed by atoms with Gasteiger partial charge in [-0.15, -0.1) is 0 Å². The largest absolute Gasteiger partial charge is 0.468 e. The van der Waals surface area contributed by atoms with Gasteiger partial charge in [-0.1, -0.05) is 6.07 Å². The minimum atomic E-state index is -0.144. The molecule has 0 spiro atoms. The lowest BCUT2D eigenvalue weighted by atomic mass is 10.0. The maximum atomic E-state index is 11.3. The second-order valence-corrected chi connectivity index (χ2v) is 6.52. The molecule has 5 heteroatoms. The fourth-order valence-corrected chi connectivity index (χ4v) is 3.49. The molecule has 1 N–H and O–H groups in total. The van der Waals surface area contributed by atoms with Crippen molar-refractivity contribution in [2.24, 2.45) is 0 Å². The van der Waals surface area contributed by atoms with Crippen LogP contribution in [0.5, 0.6) is 0 Å². The van der Waals surface area contributed by atoms with Gasteiger partial charge in [-0.2, -0.15) is 0 Å². The molecule has 0 saturated carbocycles. The van der Waals surface area contributed by atoms with Gasteiger partial charge in [-0.3, -0.25) is 9.69 Å². The summed E-state index contributed by atoms with van der Waals surface area (Å²) in [5, 5.41) is 3.66. The van der Waals surface area contributed by atoms with E-state index in [2.05, 4.69) is 39.4 Å². The Morgan fingerprint density at radius 2 is 1.96 bits per heavy atom. The van der Waals surface area contributed by atoms with E-state index >= 15 is 0 Å². The Balaban J connectivity index is 1.50. The zero-order valence-corrected chi connectivity index (χ0v) is 14.0. The number of methoxy groups -OCH3 is 1. The number of likely N-dealkylation sites (tertiary alicyclic amines) is 1. The number of hydrogen-bond acceptors (Lipinski definition) is 5. The van der Waals surface area contributed by atoms with Gasteiger partial charge in [-0.05, 0) is 43.9 Å². The van der Waals surface area contributed by atoms with E-state index in [1.165, 1.54) is 44.4 Å². The normalized spacial score (nSPS) is 19.8. The molecule has 0 atom stereocenters. The maximum Gasteiger partial charge on any atom is 0.319 e. The van der Waals surface area contributed by atoms with Crippen molar-refractivity contribution in [1.29, 1.82) is 0 Å². The van der Waals surface area contributed by atoms with Crippen LogP contribution < -0.4 is 10.2 Å². The predicted molar refractivity (Wildman–Crippen MR) is 93.0 cm³/mol. The van der Waals surface area contributed by atoms with Crippen LogP contribution in [-0.4, -0.2) is 56.7 Å². The highest BCUT2D eigenvalue weighted by Gasteiger charge is 2.21. The number of hydrogen-bond donors (Lipinski definition) is 1. The highest BCUT2D eigenvalue weighted by molar-refractivity contribution is 5.71. The van der Waals surface area contributed by atoms with Crippen molar-refractivity contribution in [1.82, 2.24) is 4.90 Å². The van der Waals surface area contributed by atoms with Crippen molar-refractivity contribution in [2.75, 3.05) is 50.1 Å². The first-order valence-electron chi connectivity index (χ1n) is 8.65. The molecule has 2 saturated heterocycles. The summed E-state index contributed by atoms with van der Waals surface area (Å²) in [7, 11) is 1.45. The van der Waals surface area contributed by atoms with E-state index in [9.17, 15) is 4.79 Å². The summed E-state index contributed by atoms with van der Waals surface area (Å²) in [4.78, 5) is 16.0. The second-order valence-electron chi connectivity index (χ2n) is 6.52. The third-order valence-corrected chi connectivity index (χ3v) is 4.86. The molecule has 0 aromatic heterocycles. The van der Waals surface area contributed by atoms with Crippen LogP contribution in [0, 0.1) is 0 Å².